The number of carbonyl (C=O) groups is 2. The molecule has 0 aliphatic rings. The SMILES string of the molecule is CCC(C)N(OC(C)=O)OC(C)=O. The third-order valence-electron chi connectivity index (χ3n) is 1.39. The number of carbonyl (C=O) groups excluding carboxylic acids is 2. The predicted octanol–water partition coefficient (Wildman–Crippen LogP) is 1.04. The Morgan fingerprint density at radius 1 is 1.23 bits per heavy atom. The first kappa shape index (κ1) is 11.9. The summed E-state index contributed by atoms with van der Waals surface area (Å²) in [5.74, 6) is -1.02. The lowest BCUT2D eigenvalue weighted by Crippen LogP contribution is -2.35. The molecule has 0 fully saturated rings. The molecule has 13 heavy (non-hydrogen) atoms. The maximum Gasteiger partial charge on any atom is 0.326 e. The molecule has 1 atom stereocenters. The molecule has 0 spiro atoms. The van der Waals surface area contributed by atoms with Crippen molar-refractivity contribution in [2.24, 2.45) is 0 Å². The topological polar surface area (TPSA) is 55.8 Å². The van der Waals surface area contributed by atoms with Gasteiger partial charge in [0.05, 0.1) is 6.04 Å². The van der Waals surface area contributed by atoms with E-state index in [0.717, 1.165) is 5.23 Å². The third kappa shape index (κ3) is 5.19. The minimum Gasteiger partial charge on any atom is -0.333 e. The Morgan fingerprint density at radius 2 is 1.62 bits per heavy atom. The number of hydrogen-bond donors (Lipinski definition) is 0. The van der Waals surface area contributed by atoms with E-state index in [2.05, 4.69) is 9.68 Å². The van der Waals surface area contributed by atoms with Crippen LogP contribution >= 0.6 is 0 Å². The summed E-state index contributed by atoms with van der Waals surface area (Å²) in [6, 6.07) is -0.146. The monoisotopic (exact) mass is 189 g/mol. The fraction of sp³-hybridized carbons (Fsp3) is 0.750. The number of rotatable bonds is 4. The summed E-state index contributed by atoms with van der Waals surface area (Å²) in [6.45, 7) is 6.17. The van der Waals surface area contributed by atoms with E-state index in [0.29, 0.717) is 6.42 Å². The van der Waals surface area contributed by atoms with Gasteiger partial charge in [-0.2, -0.15) is 0 Å². The minimum atomic E-state index is -0.512. The van der Waals surface area contributed by atoms with Crippen molar-refractivity contribution in [2.75, 3.05) is 0 Å². The van der Waals surface area contributed by atoms with Gasteiger partial charge < -0.3 is 9.68 Å². The van der Waals surface area contributed by atoms with Crippen LogP contribution in [0.5, 0.6) is 0 Å². The minimum absolute atomic E-state index is 0.146. The van der Waals surface area contributed by atoms with Crippen LogP contribution in [-0.4, -0.2) is 23.2 Å². The van der Waals surface area contributed by atoms with Gasteiger partial charge in [0.1, 0.15) is 0 Å². The molecule has 76 valence electrons. The highest BCUT2D eigenvalue weighted by Crippen LogP contribution is 2.05. The van der Waals surface area contributed by atoms with Crippen LogP contribution in [0.2, 0.25) is 0 Å². The highest BCUT2D eigenvalue weighted by Gasteiger charge is 2.18. The fourth-order valence-electron chi connectivity index (χ4n) is 0.601. The standard InChI is InChI=1S/C8H15NO4/c1-5-6(2)9(12-7(3)10)13-8(4)11/h6H,5H2,1-4H3. The predicted molar refractivity (Wildman–Crippen MR) is 45.1 cm³/mol. The fourth-order valence-corrected chi connectivity index (χ4v) is 0.601. The van der Waals surface area contributed by atoms with Gasteiger partial charge in [-0.1, -0.05) is 6.92 Å². The molecule has 0 rings (SSSR count). The van der Waals surface area contributed by atoms with E-state index in [-0.39, 0.29) is 6.04 Å². The van der Waals surface area contributed by atoms with E-state index in [1.165, 1.54) is 13.8 Å². The molecule has 0 aromatic rings. The van der Waals surface area contributed by atoms with E-state index >= 15 is 0 Å². The Bertz CT molecular complexity index is 177. The normalized spacial score (nSPS) is 12.4. The lowest BCUT2D eigenvalue weighted by atomic mass is 10.3. The summed E-state index contributed by atoms with van der Waals surface area (Å²) < 4.78 is 0. The van der Waals surface area contributed by atoms with Crippen LogP contribution in [-0.2, 0) is 19.3 Å². The number of nitrogens with zero attached hydrogens (tertiary/aromatic N) is 1. The number of hydroxylamine groups is 2. The van der Waals surface area contributed by atoms with Gasteiger partial charge in [-0.25, -0.2) is 0 Å². The molecule has 0 saturated carbocycles. The zero-order chi connectivity index (χ0) is 10.4. The Hall–Kier alpha value is -1.10. The van der Waals surface area contributed by atoms with E-state index < -0.39 is 11.9 Å². The molecule has 0 aliphatic carbocycles. The molecule has 0 radical (unpaired) electrons. The van der Waals surface area contributed by atoms with Crippen molar-refractivity contribution in [3.8, 4) is 0 Å². The van der Waals surface area contributed by atoms with Crippen molar-refractivity contribution >= 4 is 11.9 Å². The van der Waals surface area contributed by atoms with Crippen LogP contribution in [0.25, 0.3) is 0 Å². The summed E-state index contributed by atoms with van der Waals surface area (Å²) in [4.78, 5) is 30.5. The highest BCUT2D eigenvalue weighted by atomic mass is 17.0. The number of hydrogen-bond acceptors (Lipinski definition) is 5. The maximum absolute atomic E-state index is 10.6. The van der Waals surface area contributed by atoms with Gasteiger partial charge in [0.2, 0.25) is 0 Å². The highest BCUT2D eigenvalue weighted by molar-refractivity contribution is 5.67. The zero-order valence-corrected chi connectivity index (χ0v) is 8.36. The molecule has 0 aromatic heterocycles. The molecule has 1 unspecified atom stereocenters. The maximum atomic E-state index is 10.6. The quantitative estimate of drug-likeness (QED) is 0.618. The second-order valence-electron chi connectivity index (χ2n) is 2.71. The molecule has 0 heterocycles. The zero-order valence-electron chi connectivity index (χ0n) is 8.36. The van der Waals surface area contributed by atoms with Crippen LogP contribution < -0.4 is 0 Å². The molecule has 0 aliphatic heterocycles. The molecule has 0 bridgehead atoms. The smallest absolute Gasteiger partial charge is 0.326 e. The molecule has 0 amide bonds. The molecule has 5 nitrogen and oxygen atoms in total. The van der Waals surface area contributed by atoms with Crippen molar-refractivity contribution in [1.82, 2.24) is 5.23 Å². The average molecular weight is 189 g/mol. The Morgan fingerprint density at radius 3 is 1.85 bits per heavy atom. The summed E-state index contributed by atoms with van der Waals surface area (Å²) in [5, 5.41) is 0.921. The second-order valence-corrected chi connectivity index (χ2v) is 2.71. The third-order valence-corrected chi connectivity index (χ3v) is 1.39. The van der Waals surface area contributed by atoms with Gasteiger partial charge in [-0.3, -0.25) is 9.59 Å². The Balaban J connectivity index is 4.17. The molecule has 0 N–H and O–H groups in total. The van der Waals surface area contributed by atoms with Gasteiger partial charge in [-0.15, -0.1) is 0 Å². The average Bonchev–Trinajstić information content (AvgIpc) is 2.00. The van der Waals surface area contributed by atoms with Crippen LogP contribution in [0.1, 0.15) is 34.1 Å². The Kier molecular flexibility index (Phi) is 5.06. The van der Waals surface area contributed by atoms with Crippen molar-refractivity contribution in [2.45, 2.75) is 40.2 Å². The van der Waals surface area contributed by atoms with Crippen molar-refractivity contribution in [3.05, 3.63) is 0 Å². The van der Waals surface area contributed by atoms with E-state index in [9.17, 15) is 9.59 Å². The molecule has 5 heteroatoms. The van der Waals surface area contributed by atoms with Crippen molar-refractivity contribution in [1.29, 1.82) is 0 Å². The first-order valence-corrected chi connectivity index (χ1v) is 4.13. The van der Waals surface area contributed by atoms with Crippen LogP contribution in [0.15, 0.2) is 0 Å². The van der Waals surface area contributed by atoms with Crippen molar-refractivity contribution < 1.29 is 19.3 Å². The molecule has 0 aromatic carbocycles. The van der Waals surface area contributed by atoms with E-state index in [1.807, 2.05) is 6.92 Å². The van der Waals surface area contributed by atoms with Gasteiger partial charge in [0.25, 0.3) is 0 Å². The summed E-state index contributed by atoms with van der Waals surface area (Å²) in [6.07, 6.45) is 0.709. The van der Waals surface area contributed by atoms with Gasteiger partial charge >= 0.3 is 11.9 Å². The van der Waals surface area contributed by atoms with Gasteiger partial charge in [0, 0.05) is 19.1 Å². The van der Waals surface area contributed by atoms with Crippen LogP contribution in [0.3, 0.4) is 0 Å². The summed E-state index contributed by atoms with van der Waals surface area (Å²) >= 11 is 0. The van der Waals surface area contributed by atoms with Gasteiger partial charge in [-0.05, 0) is 13.3 Å². The Labute approximate surface area is 77.5 Å². The first-order valence-electron chi connectivity index (χ1n) is 4.13. The van der Waals surface area contributed by atoms with E-state index in [1.54, 1.807) is 6.92 Å². The lowest BCUT2D eigenvalue weighted by Gasteiger charge is -2.22. The van der Waals surface area contributed by atoms with E-state index in [4.69, 9.17) is 0 Å². The largest absolute Gasteiger partial charge is 0.333 e. The summed E-state index contributed by atoms with van der Waals surface area (Å²) in [7, 11) is 0. The second kappa shape index (κ2) is 5.53. The molecular weight excluding hydrogens is 174 g/mol. The van der Waals surface area contributed by atoms with Gasteiger partial charge in [0.15, 0.2) is 0 Å². The first-order chi connectivity index (χ1) is 5.97. The molecular formula is C8H15NO4. The lowest BCUT2D eigenvalue weighted by molar-refractivity contribution is -0.340. The van der Waals surface area contributed by atoms with Crippen LogP contribution in [0, 0.1) is 0 Å². The molecule has 0 saturated heterocycles. The summed E-state index contributed by atoms with van der Waals surface area (Å²) in [5.41, 5.74) is 0. The van der Waals surface area contributed by atoms with Crippen molar-refractivity contribution in [3.63, 3.8) is 0 Å². The van der Waals surface area contributed by atoms with Crippen LogP contribution in [0.4, 0.5) is 0 Å².